The summed E-state index contributed by atoms with van der Waals surface area (Å²) in [6.45, 7) is 1.91. The molecular weight excluding hydrogens is 150 g/mol. The molecule has 0 atom stereocenters. The van der Waals surface area contributed by atoms with Crippen LogP contribution >= 0.6 is 0 Å². The number of terminal acetylenes is 1. The van der Waals surface area contributed by atoms with Gasteiger partial charge in [-0.1, -0.05) is 18.2 Å². The van der Waals surface area contributed by atoms with Crippen molar-refractivity contribution in [3.63, 3.8) is 0 Å². The maximum absolute atomic E-state index is 10.8. The monoisotopic (exact) mass is 159 g/mol. The van der Waals surface area contributed by atoms with Crippen LogP contribution in [0.25, 0.3) is 0 Å². The van der Waals surface area contributed by atoms with Crippen LogP contribution in [0.1, 0.15) is 5.56 Å². The lowest BCUT2D eigenvalue weighted by Gasteiger charge is -2.03. The van der Waals surface area contributed by atoms with Crippen LogP contribution in [0.3, 0.4) is 0 Å². The number of aryl methyl sites for hydroxylation is 1. The van der Waals surface area contributed by atoms with Crippen LogP contribution < -0.4 is 5.32 Å². The van der Waals surface area contributed by atoms with E-state index in [0.717, 1.165) is 11.3 Å². The molecule has 1 amide bonds. The lowest BCUT2D eigenvalue weighted by Crippen LogP contribution is -2.08. The van der Waals surface area contributed by atoms with Gasteiger partial charge >= 0.3 is 0 Å². The Balaban J connectivity index is 2.84. The molecule has 1 aromatic carbocycles. The van der Waals surface area contributed by atoms with Crippen LogP contribution in [-0.2, 0) is 4.79 Å². The number of amides is 1. The second-order valence-corrected chi connectivity index (χ2v) is 2.41. The van der Waals surface area contributed by atoms with E-state index in [2.05, 4.69) is 5.32 Å². The van der Waals surface area contributed by atoms with Gasteiger partial charge in [0.1, 0.15) is 0 Å². The number of hydrogen-bond donors (Lipinski definition) is 1. The van der Waals surface area contributed by atoms with E-state index in [4.69, 9.17) is 6.42 Å². The molecule has 0 aliphatic rings. The highest BCUT2D eigenvalue weighted by Gasteiger charge is 1.98. The summed E-state index contributed by atoms with van der Waals surface area (Å²) in [5.74, 6) is 1.58. The lowest BCUT2D eigenvalue weighted by atomic mass is 10.2. The minimum atomic E-state index is -0.413. The Hall–Kier alpha value is -1.75. The van der Waals surface area contributed by atoms with Crippen molar-refractivity contribution in [2.24, 2.45) is 0 Å². The number of anilines is 1. The number of benzene rings is 1. The first-order valence-corrected chi connectivity index (χ1v) is 3.57. The van der Waals surface area contributed by atoms with E-state index >= 15 is 0 Å². The van der Waals surface area contributed by atoms with Crippen LogP contribution in [0.5, 0.6) is 0 Å². The van der Waals surface area contributed by atoms with E-state index in [0.29, 0.717) is 0 Å². The molecule has 0 unspecified atom stereocenters. The number of carbonyl (C=O) groups is 1. The van der Waals surface area contributed by atoms with Crippen LogP contribution in [0, 0.1) is 19.3 Å². The third-order valence-electron chi connectivity index (χ3n) is 1.52. The van der Waals surface area contributed by atoms with Gasteiger partial charge in [-0.2, -0.15) is 0 Å². The second-order valence-electron chi connectivity index (χ2n) is 2.41. The van der Waals surface area contributed by atoms with E-state index in [-0.39, 0.29) is 0 Å². The molecular formula is C10H9NO. The first-order chi connectivity index (χ1) is 5.74. The molecule has 2 nitrogen and oxygen atoms in total. The summed E-state index contributed by atoms with van der Waals surface area (Å²) in [6.07, 6.45) is 4.91. The molecule has 1 rings (SSSR count). The largest absolute Gasteiger partial charge is 0.315 e. The van der Waals surface area contributed by atoms with Gasteiger partial charge in [0, 0.05) is 5.69 Å². The van der Waals surface area contributed by atoms with E-state index < -0.39 is 5.91 Å². The van der Waals surface area contributed by atoms with Crippen molar-refractivity contribution in [1.29, 1.82) is 0 Å². The molecule has 0 bridgehead atoms. The summed E-state index contributed by atoms with van der Waals surface area (Å²) in [6, 6.07) is 7.47. The van der Waals surface area contributed by atoms with Crippen molar-refractivity contribution in [2.45, 2.75) is 6.92 Å². The van der Waals surface area contributed by atoms with Gasteiger partial charge in [0.05, 0.1) is 0 Å². The Morgan fingerprint density at radius 1 is 1.50 bits per heavy atom. The molecule has 0 saturated carbocycles. The van der Waals surface area contributed by atoms with Gasteiger partial charge in [-0.05, 0) is 24.5 Å². The summed E-state index contributed by atoms with van der Waals surface area (Å²) >= 11 is 0. The fraction of sp³-hybridized carbons (Fsp3) is 0.100. The third kappa shape index (κ3) is 1.86. The first kappa shape index (κ1) is 8.35. The van der Waals surface area contributed by atoms with Crippen LogP contribution in [0.4, 0.5) is 5.69 Å². The van der Waals surface area contributed by atoms with Crippen molar-refractivity contribution < 1.29 is 4.79 Å². The smallest absolute Gasteiger partial charge is 0.300 e. The zero-order valence-corrected chi connectivity index (χ0v) is 6.79. The zero-order chi connectivity index (χ0) is 8.97. The lowest BCUT2D eigenvalue weighted by molar-refractivity contribution is -0.111. The van der Waals surface area contributed by atoms with E-state index in [1.165, 1.54) is 0 Å². The van der Waals surface area contributed by atoms with Gasteiger partial charge in [-0.3, -0.25) is 4.79 Å². The van der Waals surface area contributed by atoms with Crippen LogP contribution in [-0.4, -0.2) is 5.91 Å². The number of para-hydroxylation sites is 1. The minimum Gasteiger partial charge on any atom is -0.315 e. The highest BCUT2D eigenvalue weighted by molar-refractivity contribution is 6.03. The predicted octanol–water partition coefficient (Wildman–Crippen LogP) is 1.57. The van der Waals surface area contributed by atoms with E-state index in [1.54, 1.807) is 0 Å². The molecule has 12 heavy (non-hydrogen) atoms. The molecule has 0 heterocycles. The summed E-state index contributed by atoms with van der Waals surface area (Å²) in [5.41, 5.74) is 1.77. The quantitative estimate of drug-likeness (QED) is 0.619. The molecule has 1 aromatic rings. The maximum atomic E-state index is 10.8. The molecule has 1 N–H and O–H groups in total. The fourth-order valence-electron chi connectivity index (χ4n) is 0.872. The number of carbonyl (C=O) groups excluding carboxylic acids is 1. The fourth-order valence-corrected chi connectivity index (χ4v) is 0.872. The van der Waals surface area contributed by atoms with Crippen molar-refractivity contribution in [2.75, 3.05) is 5.32 Å². The minimum absolute atomic E-state index is 0.413. The van der Waals surface area contributed by atoms with Crippen LogP contribution in [0.15, 0.2) is 24.3 Å². The van der Waals surface area contributed by atoms with E-state index in [9.17, 15) is 4.79 Å². The predicted molar refractivity (Wildman–Crippen MR) is 48.6 cm³/mol. The molecule has 60 valence electrons. The molecule has 2 heteroatoms. The van der Waals surface area contributed by atoms with Gasteiger partial charge in [-0.25, -0.2) is 0 Å². The van der Waals surface area contributed by atoms with Crippen molar-refractivity contribution in [3.05, 3.63) is 29.8 Å². The second kappa shape index (κ2) is 3.59. The molecule has 0 saturated heterocycles. The Morgan fingerprint density at radius 2 is 2.17 bits per heavy atom. The molecule has 0 fully saturated rings. The van der Waals surface area contributed by atoms with Gasteiger partial charge < -0.3 is 5.32 Å². The number of hydrogen-bond acceptors (Lipinski definition) is 1. The Labute approximate surface area is 71.6 Å². The van der Waals surface area contributed by atoms with Crippen molar-refractivity contribution >= 4 is 11.6 Å². The number of rotatable bonds is 1. The summed E-state index contributed by atoms with van der Waals surface area (Å²) in [7, 11) is 0. The molecule has 0 aliphatic heterocycles. The van der Waals surface area contributed by atoms with Gasteiger partial charge in [-0.15, -0.1) is 6.42 Å². The average molecular weight is 159 g/mol. The van der Waals surface area contributed by atoms with Gasteiger partial charge in [0.15, 0.2) is 0 Å². The van der Waals surface area contributed by atoms with Gasteiger partial charge in [0.2, 0.25) is 0 Å². The summed E-state index contributed by atoms with van der Waals surface area (Å²) in [4.78, 5) is 10.8. The zero-order valence-electron chi connectivity index (χ0n) is 6.79. The normalized spacial score (nSPS) is 8.67. The van der Waals surface area contributed by atoms with Crippen LogP contribution in [0.2, 0.25) is 0 Å². The molecule has 0 aromatic heterocycles. The highest BCUT2D eigenvalue weighted by Crippen LogP contribution is 2.12. The van der Waals surface area contributed by atoms with Crippen molar-refractivity contribution in [1.82, 2.24) is 0 Å². The maximum Gasteiger partial charge on any atom is 0.300 e. The summed E-state index contributed by atoms with van der Waals surface area (Å²) in [5, 5.41) is 2.58. The molecule has 0 aliphatic carbocycles. The SMILES string of the molecule is C#CC(=O)Nc1ccccc1C. The topological polar surface area (TPSA) is 29.1 Å². The highest BCUT2D eigenvalue weighted by atomic mass is 16.1. The van der Waals surface area contributed by atoms with E-state index in [1.807, 2.05) is 37.1 Å². The molecule has 0 spiro atoms. The summed E-state index contributed by atoms with van der Waals surface area (Å²) < 4.78 is 0. The molecule has 0 radical (unpaired) electrons. The Kier molecular flexibility index (Phi) is 2.49. The first-order valence-electron chi connectivity index (χ1n) is 3.57. The van der Waals surface area contributed by atoms with Gasteiger partial charge in [0.25, 0.3) is 5.91 Å². The number of nitrogens with one attached hydrogen (secondary N) is 1. The van der Waals surface area contributed by atoms with Crippen molar-refractivity contribution in [3.8, 4) is 12.3 Å². The average Bonchev–Trinajstić information content (AvgIpc) is 2.09. The standard InChI is InChI=1S/C10H9NO/c1-3-10(12)11-9-7-5-4-6-8(9)2/h1,4-7H,2H3,(H,11,12). The third-order valence-corrected chi connectivity index (χ3v) is 1.52. The Bertz CT molecular complexity index is 336. The Morgan fingerprint density at radius 3 is 2.75 bits per heavy atom.